The lowest BCUT2D eigenvalue weighted by Gasteiger charge is -2.33. The zero-order valence-electron chi connectivity index (χ0n) is 24.4. The summed E-state index contributed by atoms with van der Waals surface area (Å²) in [7, 11) is 0. The summed E-state index contributed by atoms with van der Waals surface area (Å²) in [6, 6.07) is 41.0. The van der Waals surface area contributed by atoms with E-state index in [1.54, 1.807) is 0 Å². The first-order valence-corrected chi connectivity index (χ1v) is 14.5. The molecule has 0 saturated carbocycles. The molecule has 0 fully saturated rings. The molecule has 40 heavy (non-hydrogen) atoms. The van der Waals surface area contributed by atoms with Gasteiger partial charge in [0.2, 0.25) is 0 Å². The average molecular weight is 520 g/mol. The van der Waals surface area contributed by atoms with Crippen LogP contribution in [0.25, 0.3) is 22.3 Å². The van der Waals surface area contributed by atoms with E-state index in [1.807, 2.05) is 0 Å². The molecule has 198 valence electrons. The lowest BCUT2D eigenvalue weighted by Crippen LogP contribution is -2.27. The minimum Gasteiger partial charge on any atom is -0.356 e. The Labute approximate surface area is 238 Å². The van der Waals surface area contributed by atoms with Gasteiger partial charge in [0.25, 0.3) is 0 Å². The lowest BCUT2D eigenvalue weighted by atomic mass is 9.68. The summed E-state index contributed by atoms with van der Waals surface area (Å²) in [5.41, 5.74) is 15.7. The van der Waals surface area contributed by atoms with Gasteiger partial charge in [-0.2, -0.15) is 0 Å². The van der Waals surface area contributed by atoms with Crippen molar-refractivity contribution in [3.63, 3.8) is 0 Å². The van der Waals surface area contributed by atoms with Crippen molar-refractivity contribution in [3.8, 4) is 22.3 Å². The summed E-state index contributed by atoms with van der Waals surface area (Å²) in [5, 5.41) is 3.69. The molecule has 1 heteroatoms. The molecule has 0 bridgehead atoms. The van der Waals surface area contributed by atoms with Gasteiger partial charge in [0.05, 0.1) is 5.41 Å². The zero-order valence-corrected chi connectivity index (χ0v) is 24.4. The molecule has 0 unspecified atom stereocenters. The summed E-state index contributed by atoms with van der Waals surface area (Å²) in [4.78, 5) is 0. The summed E-state index contributed by atoms with van der Waals surface area (Å²) in [5.74, 6) is 0. The molecule has 1 spiro atoms. The molecule has 1 nitrogen and oxygen atoms in total. The molecule has 5 aromatic rings. The van der Waals surface area contributed by atoms with Crippen molar-refractivity contribution < 1.29 is 0 Å². The highest BCUT2D eigenvalue weighted by molar-refractivity contribution is 5.96. The van der Waals surface area contributed by atoms with Gasteiger partial charge >= 0.3 is 0 Å². The van der Waals surface area contributed by atoms with Gasteiger partial charge in [0.15, 0.2) is 0 Å². The number of hydrogen-bond donors (Lipinski definition) is 1. The Hall–Kier alpha value is -4.10. The van der Waals surface area contributed by atoms with E-state index in [4.69, 9.17) is 0 Å². The van der Waals surface area contributed by atoms with Crippen molar-refractivity contribution in [2.24, 2.45) is 0 Å². The highest BCUT2D eigenvalue weighted by Crippen LogP contribution is 2.63. The highest BCUT2D eigenvalue weighted by atomic mass is 14.9. The van der Waals surface area contributed by atoms with Gasteiger partial charge in [-0.1, -0.05) is 126 Å². The van der Waals surface area contributed by atoms with Crippen LogP contribution >= 0.6 is 0 Å². The Balaban J connectivity index is 1.58. The van der Waals surface area contributed by atoms with Gasteiger partial charge in [0.1, 0.15) is 0 Å². The minimum absolute atomic E-state index is 0.0548. The van der Waals surface area contributed by atoms with E-state index in [0.29, 0.717) is 0 Å². The second kappa shape index (κ2) is 8.45. The number of nitrogens with one attached hydrogen (secondary N) is 1. The lowest BCUT2D eigenvalue weighted by molar-refractivity contribution is 0.586. The first-order valence-electron chi connectivity index (χ1n) is 14.5. The first-order chi connectivity index (χ1) is 19.1. The van der Waals surface area contributed by atoms with E-state index in [2.05, 4.69) is 156 Å². The Morgan fingerprint density at radius 2 is 0.900 bits per heavy atom. The summed E-state index contributed by atoms with van der Waals surface area (Å²) >= 11 is 0. The van der Waals surface area contributed by atoms with Gasteiger partial charge in [-0.05, 0) is 90.7 Å². The standard InChI is InChI=1S/C39H37N/c1-37(2,3)25-16-19-30-31-20-17-26(38(4,5)6)23-35(31)39(34(30)22-25)33-15-11-10-14-29(33)32-21-18-28(24-36(32)39)40-27-12-8-7-9-13-27/h7-24,40H,1-6H3. The highest BCUT2D eigenvalue weighted by Gasteiger charge is 2.52. The summed E-state index contributed by atoms with van der Waals surface area (Å²) in [6.07, 6.45) is 0. The van der Waals surface area contributed by atoms with Crippen LogP contribution < -0.4 is 5.32 Å². The van der Waals surface area contributed by atoms with E-state index >= 15 is 0 Å². The maximum absolute atomic E-state index is 3.69. The maximum atomic E-state index is 3.69. The normalized spacial score (nSPS) is 14.4. The zero-order chi connectivity index (χ0) is 27.9. The van der Waals surface area contributed by atoms with Crippen LogP contribution in [0, 0.1) is 0 Å². The fourth-order valence-corrected chi connectivity index (χ4v) is 6.88. The Kier molecular flexibility index (Phi) is 5.26. The van der Waals surface area contributed by atoms with Crippen LogP contribution in [0.3, 0.4) is 0 Å². The van der Waals surface area contributed by atoms with Crippen molar-refractivity contribution in [2.45, 2.75) is 57.8 Å². The largest absolute Gasteiger partial charge is 0.356 e. The predicted molar refractivity (Wildman–Crippen MR) is 170 cm³/mol. The molecule has 1 N–H and O–H groups in total. The summed E-state index contributed by atoms with van der Waals surface area (Å²) in [6.45, 7) is 13.9. The Bertz CT molecular complexity index is 1710. The molecule has 0 amide bonds. The van der Waals surface area contributed by atoms with E-state index in [1.165, 1.54) is 55.6 Å². The van der Waals surface area contributed by atoms with Crippen LogP contribution in [0.5, 0.6) is 0 Å². The molecule has 0 heterocycles. The third-order valence-corrected chi connectivity index (χ3v) is 8.98. The van der Waals surface area contributed by atoms with Crippen molar-refractivity contribution in [1.82, 2.24) is 0 Å². The van der Waals surface area contributed by atoms with Gasteiger partial charge in [-0.25, -0.2) is 0 Å². The van der Waals surface area contributed by atoms with Crippen LogP contribution in [0.2, 0.25) is 0 Å². The third kappa shape index (κ3) is 3.53. The van der Waals surface area contributed by atoms with Crippen molar-refractivity contribution in [1.29, 1.82) is 0 Å². The summed E-state index contributed by atoms with van der Waals surface area (Å²) < 4.78 is 0. The number of rotatable bonds is 2. The van der Waals surface area contributed by atoms with Crippen molar-refractivity contribution >= 4 is 11.4 Å². The molecule has 0 radical (unpaired) electrons. The van der Waals surface area contributed by atoms with Crippen LogP contribution in [-0.2, 0) is 16.2 Å². The van der Waals surface area contributed by atoms with Gasteiger partial charge in [0, 0.05) is 11.4 Å². The van der Waals surface area contributed by atoms with Gasteiger partial charge in [-0.3, -0.25) is 0 Å². The molecule has 7 rings (SSSR count). The number of benzene rings is 5. The predicted octanol–water partition coefficient (Wildman–Crippen LogP) is 10.4. The van der Waals surface area contributed by atoms with E-state index < -0.39 is 0 Å². The smallest absolute Gasteiger partial charge is 0.0726 e. The fourth-order valence-electron chi connectivity index (χ4n) is 6.88. The molecule has 2 aliphatic rings. The van der Waals surface area contributed by atoms with E-state index in [-0.39, 0.29) is 16.2 Å². The van der Waals surface area contributed by atoms with Crippen molar-refractivity contribution in [2.75, 3.05) is 5.32 Å². The number of para-hydroxylation sites is 1. The molecule has 5 aromatic carbocycles. The fraction of sp³-hybridized carbons (Fsp3) is 0.231. The average Bonchev–Trinajstić information content (AvgIpc) is 3.39. The second-order valence-electron chi connectivity index (χ2n) is 13.6. The molecular formula is C39H37N. The number of fused-ring (bicyclic) bond motifs is 10. The molecule has 0 saturated heterocycles. The van der Waals surface area contributed by atoms with Gasteiger partial charge < -0.3 is 5.32 Å². The van der Waals surface area contributed by atoms with Crippen molar-refractivity contribution in [3.05, 3.63) is 143 Å². The molecule has 0 atom stereocenters. The van der Waals surface area contributed by atoms with Crippen LogP contribution in [-0.4, -0.2) is 0 Å². The monoisotopic (exact) mass is 519 g/mol. The van der Waals surface area contributed by atoms with E-state index in [0.717, 1.165) is 11.4 Å². The van der Waals surface area contributed by atoms with Crippen LogP contribution in [0.4, 0.5) is 11.4 Å². The molecule has 2 aliphatic carbocycles. The minimum atomic E-state index is -0.368. The number of hydrogen-bond acceptors (Lipinski definition) is 1. The van der Waals surface area contributed by atoms with Crippen LogP contribution in [0.15, 0.2) is 109 Å². The second-order valence-corrected chi connectivity index (χ2v) is 13.6. The van der Waals surface area contributed by atoms with E-state index in [9.17, 15) is 0 Å². The molecule has 0 aliphatic heterocycles. The SMILES string of the molecule is CC(C)(C)c1ccc2c(c1)C1(c3ccccc3-c3ccc(Nc4ccccc4)cc31)c1cc(C(C)(C)C)ccc1-2. The Morgan fingerprint density at radius 1 is 0.425 bits per heavy atom. The molecular weight excluding hydrogens is 482 g/mol. The van der Waals surface area contributed by atoms with Gasteiger partial charge in [-0.15, -0.1) is 0 Å². The third-order valence-electron chi connectivity index (χ3n) is 8.98. The first kappa shape index (κ1) is 24.9. The quantitative estimate of drug-likeness (QED) is 0.239. The number of anilines is 2. The Morgan fingerprint density at radius 3 is 1.48 bits per heavy atom. The molecule has 0 aromatic heterocycles. The topological polar surface area (TPSA) is 12.0 Å². The van der Waals surface area contributed by atoms with Crippen LogP contribution in [0.1, 0.15) is 74.9 Å². The maximum Gasteiger partial charge on any atom is 0.0726 e.